The Bertz CT molecular complexity index is 897. The van der Waals surface area contributed by atoms with Crippen LogP contribution in [0.4, 0.5) is 17.5 Å². The van der Waals surface area contributed by atoms with Crippen molar-refractivity contribution < 1.29 is 4.79 Å². The fourth-order valence-corrected chi connectivity index (χ4v) is 2.40. The van der Waals surface area contributed by atoms with Crippen LogP contribution in [0.15, 0.2) is 59.9 Å². The number of carbonyl (C=O) groups excluding carboxylic acids is 1. The van der Waals surface area contributed by atoms with E-state index >= 15 is 0 Å². The van der Waals surface area contributed by atoms with E-state index in [9.17, 15) is 4.79 Å². The molecule has 0 atom stereocenters. The number of halogens is 1. The van der Waals surface area contributed by atoms with E-state index in [4.69, 9.17) is 0 Å². The second-order valence-corrected chi connectivity index (χ2v) is 5.53. The molecule has 3 aromatic rings. The van der Waals surface area contributed by atoms with E-state index in [1.807, 2.05) is 30.3 Å². The van der Waals surface area contributed by atoms with Crippen molar-refractivity contribution in [3.05, 3.63) is 59.9 Å². The quantitative estimate of drug-likeness (QED) is 0.686. The standard InChI is InChI=1S/C16H12BrN5O/c1-2-14(23)21-16-20-13-9-18-7-6-12(13)15(22-16)19-11-5-3-4-10(17)8-11/h2-9H,1H2,(H2,19,20,21,22,23). The van der Waals surface area contributed by atoms with E-state index in [2.05, 4.69) is 48.1 Å². The minimum absolute atomic E-state index is 0.188. The molecule has 0 aliphatic heterocycles. The lowest BCUT2D eigenvalue weighted by Crippen LogP contribution is -2.11. The van der Waals surface area contributed by atoms with Crippen LogP contribution >= 0.6 is 15.9 Å². The van der Waals surface area contributed by atoms with E-state index in [0.29, 0.717) is 11.3 Å². The van der Waals surface area contributed by atoms with E-state index in [1.54, 1.807) is 12.4 Å². The zero-order valence-corrected chi connectivity index (χ0v) is 13.5. The van der Waals surface area contributed by atoms with Crippen LogP contribution in [0.1, 0.15) is 0 Å². The maximum Gasteiger partial charge on any atom is 0.250 e. The Morgan fingerprint density at radius 1 is 1.26 bits per heavy atom. The largest absolute Gasteiger partial charge is 0.340 e. The molecule has 0 aliphatic rings. The molecule has 23 heavy (non-hydrogen) atoms. The molecular formula is C16H12BrN5O. The van der Waals surface area contributed by atoms with Gasteiger partial charge in [-0.3, -0.25) is 15.1 Å². The highest BCUT2D eigenvalue weighted by molar-refractivity contribution is 9.10. The molecule has 0 radical (unpaired) electrons. The number of amides is 1. The van der Waals surface area contributed by atoms with Crippen molar-refractivity contribution in [3.63, 3.8) is 0 Å². The monoisotopic (exact) mass is 369 g/mol. The number of rotatable bonds is 4. The Morgan fingerprint density at radius 3 is 2.91 bits per heavy atom. The first-order valence-corrected chi connectivity index (χ1v) is 7.53. The van der Waals surface area contributed by atoms with Gasteiger partial charge in [-0.1, -0.05) is 28.6 Å². The van der Waals surface area contributed by atoms with Crippen LogP contribution in [0.3, 0.4) is 0 Å². The Labute approximate surface area is 140 Å². The van der Waals surface area contributed by atoms with Gasteiger partial charge in [-0.2, -0.15) is 4.98 Å². The van der Waals surface area contributed by atoms with Gasteiger partial charge in [0.2, 0.25) is 11.9 Å². The second-order valence-electron chi connectivity index (χ2n) is 4.62. The SMILES string of the molecule is C=CC(=O)Nc1nc(Nc2cccc(Br)c2)c2ccncc2n1. The van der Waals surface area contributed by atoms with Gasteiger partial charge in [0.05, 0.1) is 11.7 Å². The van der Waals surface area contributed by atoms with Crippen LogP contribution in [0.25, 0.3) is 10.9 Å². The van der Waals surface area contributed by atoms with E-state index in [1.165, 1.54) is 0 Å². The molecular weight excluding hydrogens is 358 g/mol. The Kier molecular flexibility index (Phi) is 4.29. The summed E-state index contributed by atoms with van der Waals surface area (Å²) in [5, 5.41) is 6.60. The van der Waals surface area contributed by atoms with Crippen molar-refractivity contribution in [2.24, 2.45) is 0 Å². The number of nitrogens with zero attached hydrogens (tertiary/aromatic N) is 3. The van der Waals surface area contributed by atoms with Crippen molar-refractivity contribution in [1.29, 1.82) is 0 Å². The van der Waals surface area contributed by atoms with Crippen LogP contribution in [0.2, 0.25) is 0 Å². The first-order chi connectivity index (χ1) is 11.2. The van der Waals surface area contributed by atoms with E-state index in [-0.39, 0.29) is 11.9 Å². The molecule has 0 unspecified atom stereocenters. The minimum atomic E-state index is -0.373. The maximum atomic E-state index is 11.5. The highest BCUT2D eigenvalue weighted by Gasteiger charge is 2.09. The number of hydrogen-bond acceptors (Lipinski definition) is 5. The summed E-state index contributed by atoms with van der Waals surface area (Å²) in [4.78, 5) is 24.2. The predicted molar refractivity (Wildman–Crippen MR) is 93.6 cm³/mol. The molecule has 2 heterocycles. The highest BCUT2D eigenvalue weighted by Crippen LogP contribution is 2.25. The average Bonchev–Trinajstić information content (AvgIpc) is 2.55. The number of aromatic nitrogens is 3. The predicted octanol–water partition coefficient (Wildman–Crippen LogP) is 3.66. The molecule has 1 aromatic carbocycles. The minimum Gasteiger partial charge on any atom is -0.340 e. The van der Waals surface area contributed by atoms with Crippen LogP contribution in [-0.2, 0) is 4.79 Å². The third-order valence-electron chi connectivity index (χ3n) is 3.01. The van der Waals surface area contributed by atoms with Crippen LogP contribution in [-0.4, -0.2) is 20.9 Å². The zero-order valence-electron chi connectivity index (χ0n) is 12.0. The smallest absolute Gasteiger partial charge is 0.250 e. The average molecular weight is 370 g/mol. The number of benzene rings is 1. The van der Waals surface area contributed by atoms with Gasteiger partial charge in [0.15, 0.2) is 0 Å². The van der Waals surface area contributed by atoms with Crippen LogP contribution < -0.4 is 10.6 Å². The summed E-state index contributed by atoms with van der Waals surface area (Å²) < 4.78 is 0.947. The Hall–Kier alpha value is -2.80. The summed E-state index contributed by atoms with van der Waals surface area (Å²) in [6.07, 6.45) is 4.45. The molecule has 0 saturated carbocycles. The van der Waals surface area contributed by atoms with E-state index in [0.717, 1.165) is 21.6 Å². The third-order valence-corrected chi connectivity index (χ3v) is 3.50. The molecule has 0 spiro atoms. The molecule has 6 nitrogen and oxygen atoms in total. The molecule has 0 bridgehead atoms. The number of fused-ring (bicyclic) bond motifs is 1. The lowest BCUT2D eigenvalue weighted by Gasteiger charge is -2.11. The first-order valence-electron chi connectivity index (χ1n) is 6.73. The number of anilines is 3. The summed E-state index contributed by atoms with van der Waals surface area (Å²) in [7, 11) is 0. The van der Waals surface area contributed by atoms with Gasteiger partial charge < -0.3 is 5.32 Å². The lowest BCUT2D eigenvalue weighted by atomic mass is 10.2. The first kappa shape index (κ1) is 15.1. The normalized spacial score (nSPS) is 10.3. The molecule has 2 N–H and O–H groups in total. The van der Waals surface area contributed by atoms with Gasteiger partial charge in [0.25, 0.3) is 0 Å². The molecule has 114 valence electrons. The van der Waals surface area contributed by atoms with Crippen molar-refractivity contribution in [3.8, 4) is 0 Å². The van der Waals surface area contributed by atoms with Crippen molar-refractivity contribution in [1.82, 2.24) is 15.0 Å². The van der Waals surface area contributed by atoms with Gasteiger partial charge in [0, 0.05) is 21.7 Å². The number of nitrogens with one attached hydrogen (secondary N) is 2. The Morgan fingerprint density at radius 2 is 2.13 bits per heavy atom. The van der Waals surface area contributed by atoms with Gasteiger partial charge in [-0.25, -0.2) is 4.98 Å². The number of hydrogen-bond donors (Lipinski definition) is 2. The van der Waals surface area contributed by atoms with Gasteiger partial charge in [0.1, 0.15) is 5.82 Å². The number of carbonyl (C=O) groups is 1. The summed E-state index contributed by atoms with van der Waals surface area (Å²) in [6, 6.07) is 9.51. The molecule has 1 amide bonds. The molecule has 3 rings (SSSR count). The van der Waals surface area contributed by atoms with Gasteiger partial charge in [-0.15, -0.1) is 0 Å². The second kappa shape index (κ2) is 6.53. The fraction of sp³-hybridized carbons (Fsp3) is 0. The number of pyridine rings is 1. The molecule has 0 fully saturated rings. The summed E-state index contributed by atoms with van der Waals surface area (Å²) in [5.74, 6) is 0.393. The van der Waals surface area contributed by atoms with Crippen molar-refractivity contribution >= 4 is 50.2 Å². The van der Waals surface area contributed by atoms with Gasteiger partial charge >= 0.3 is 0 Å². The molecule has 2 aromatic heterocycles. The maximum absolute atomic E-state index is 11.5. The zero-order chi connectivity index (χ0) is 16.2. The Balaban J connectivity index is 2.06. The lowest BCUT2D eigenvalue weighted by molar-refractivity contribution is -0.111. The third kappa shape index (κ3) is 3.51. The van der Waals surface area contributed by atoms with Crippen LogP contribution in [0, 0.1) is 0 Å². The highest BCUT2D eigenvalue weighted by atomic mass is 79.9. The van der Waals surface area contributed by atoms with E-state index < -0.39 is 0 Å². The topological polar surface area (TPSA) is 79.8 Å². The molecule has 0 saturated heterocycles. The molecule has 0 aliphatic carbocycles. The summed E-state index contributed by atoms with van der Waals surface area (Å²) >= 11 is 3.43. The summed E-state index contributed by atoms with van der Waals surface area (Å²) in [5.41, 5.74) is 1.48. The fourth-order valence-electron chi connectivity index (χ4n) is 2.00. The summed E-state index contributed by atoms with van der Waals surface area (Å²) in [6.45, 7) is 3.42. The van der Waals surface area contributed by atoms with Crippen molar-refractivity contribution in [2.75, 3.05) is 10.6 Å². The molecule has 7 heteroatoms. The van der Waals surface area contributed by atoms with Crippen LogP contribution in [0.5, 0.6) is 0 Å². The van der Waals surface area contributed by atoms with Crippen molar-refractivity contribution in [2.45, 2.75) is 0 Å². The van der Waals surface area contributed by atoms with Gasteiger partial charge in [-0.05, 0) is 30.3 Å².